The van der Waals surface area contributed by atoms with E-state index in [1.54, 1.807) is 12.1 Å². The van der Waals surface area contributed by atoms with Gasteiger partial charge in [0, 0.05) is 0 Å². The molecule has 0 radical (unpaired) electrons. The Morgan fingerprint density at radius 3 is 2.68 bits per heavy atom. The molecule has 0 aromatic heterocycles. The van der Waals surface area contributed by atoms with E-state index in [1.165, 1.54) is 0 Å². The predicted molar refractivity (Wildman–Crippen MR) is 82.0 cm³/mol. The minimum Gasteiger partial charge on any atom is -0.508 e. The Labute approximate surface area is 123 Å². The molecule has 0 bridgehead atoms. The zero-order valence-corrected chi connectivity index (χ0v) is 12.0. The third kappa shape index (κ3) is 3.52. The van der Waals surface area contributed by atoms with Gasteiger partial charge in [-0.05, 0) is 42.2 Å². The van der Waals surface area contributed by atoms with Crippen molar-refractivity contribution in [3.05, 3.63) is 69.2 Å². The van der Waals surface area contributed by atoms with Gasteiger partial charge in [-0.2, -0.15) is 0 Å². The van der Waals surface area contributed by atoms with Crippen LogP contribution in [0.2, 0.25) is 10.0 Å². The number of rotatable bonds is 3. The van der Waals surface area contributed by atoms with Gasteiger partial charge < -0.3 is 5.11 Å². The number of allylic oxidation sites excluding steroid dienone is 1. The Morgan fingerprint density at radius 1 is 1.16 bits per heavy atom. The Morgan fingerprint density at radius 2 is 1.95 bits per heavy atom. The number of halogens is 2. The number of aromatic hydroxyl groups is 1. The van der Waals surface area contributed by atoms with Crippen molar-refractivity contribution in [3.63, 3.8) is 0 Å². The molecular formula is C16H14Cl2O. The summed E-state index contributed by atoms with van der Waals surface area (Å²) in [7, 11) is 0. The Bertz CT molecular complexity index is 618. The topological polar surface area (TPSA) is 20.2 Å². The summed E-state index contributed by atoms with van der Waals surface area (Å²) in [6.45, 7) is 1.89. The van der Waals surface area contributed by atoms with Crippen LogP contribution in [0.5, 0.6) is 5.75 Å². The second kappa shape index (κ2) is 6.14. The van der Waals surface area contributed by atoms with Crippen LogP contribution in [0.3, 0.4) is 0 Å². The summed E-state index contributed by atoms with van der Waals surface area (Å²) < 4.78 is 0. The number of aryl methyl sites for hydroxylation is 1. The third-order valence-corrected chi connectivity index (χ3v) is 3.73. The van der Waals surface area contributed by atoms with Gasteiger partial charge in [-0.15, -0.1) is 0 Å². The number of hydrogen-bond donors (Lipinski definition) is 1. The number of phenols is 1. The lowest BCUT2D eigenvalue weighted by Crippen LogP contribution is -1.83. The molecule has 19 heavy (non-hydrogen) atoms. The van der Waals surface area contributed by atoms with Crippen molar-refractivity contribution in [2.75, 3.05) is 0 Å². The summed E-state index contributed by atoms with van der Waals surface area (Å²) in [4.78, 5) is 0. The molecule has 2 aromatic rings. The normalized spacial score (nSPS) is 11.1. The molecule has 0 fully saturated rings. The third-order valence-electron chi connectivity index (χ3n) is 2.89. The van der Waals surface area contributed by atoms with Gasteiger partial charge in [-0.1, -0.05) is 59.6 Å². The lowest BCUT2D eigenvalue weighted by Gasteiger charge is -2.02. The highest BCUT2D eigenvalue weighted by Crippen LogP contribution is 2.26. The van der Waals surface area contributed by atoms with Crippen molar-refractivity contribution in [2.45, 2.75) is 13.3 Å². The molecule has 0 unspecified atom stereocenters. The highest BCUT2D eigenvalue weighted by molar-refractivity contribution is 6.42. The van der Waals surface area contributed by atoms with Crippen LogP contribution in [-0.4, -0.2) is 5.11 Å². The predicted octanol–water partition coefficient (Wildman–Crippen LogP) is 5.26. The maximum absolute atomic E-state index is 9.46. The molecule has 0 heterocycles. The van der Waals surface area contributed by atoms with Gasteiger partial charge in [0.25, 0.3) is 0 Å². The van der Waals surface area contributed by atoms with Gasteiger partial charge in [-0.25, -0.2) is 0 Å². The summed E-state index contributed by atoms with van der Waals surface area (Å²) in [5.74, 6) is 0.325. The van der Waals surface area contributed by atoms with Crippen molar-refractivity contribution < 1.29 is 5.11 Å². The fourth-order valence-electron chi connectivity index (χ4n) is 1.82. The summed E-state index contributed by atoms with van der Waals surface area (Å²) in [6.07, 6.45) is 4.77. The van der Waals surface area contributed by atoms with Crippen molar-refractivity contribution in [1.29, 1.82) is 0 Å². The number of hydrogen-bond acceptors (Lipinski definition) is 1. The molecule has 0 aliphatic heterocycles. The number of benzene rings is 2. The van der Waals surface area contributed by atoms with Crippen LogP contribution < -0.4 is 0 Å². The first kappa shape index (κ1) is 14.0. The standard InChI is InChI=1S/C16H14Cl2O/c1-11-10-12(8-9-15(11)19)4-2-5-13-6-3-7-14(17)16(13)18/h2-3,5-10,19H,4H2,1H3/b5-2+. The second-order valence-electron chi connectivity index (χ2n) is 4.37. The van der Waals surface area contributed by atoms with Crippen molar-refractivity contribution in [3.8, 4) is 5.75 Å². The van der Waals surface area contributed by atoms with Crippen molar-refractivity contribution in [2.24, 2.45) is 0 Å². The summed E-state index contributed by atoms with van der Waals surface area (Å²) in [5.41, 5.74) is 2.93. The molecular weight excluding hydrogens is 279 g/mol. The first-order chi connectivity index (χ1) is 9.08. The van der Waals surface area contributed by atoms with E-state index in [-0.39, 0.29) is 0 Å². The molecule has 0 saturated heterocycles. The molecule has 3 heteroatoms. The average molecular weight is 293 g/mol. The van der Waals surface area contributed by atoms with E-state index in [4.69, 9.17) is 23.2 Å². The Hall–Kier alpha value is -1.44. The minimum atomic E-state index is 0.325. The molecule has 0 spiro atoms. The van der Waals surface area contributed by atoms with E-state index < -0.39 is 0 Å². The first-order valence-electron chi connectivity index (χ1n) is 5.97. The van der Waals surface area contributed by atoms with Gasteiger partial charge in [0.2, 0.25) is 0 Å². The molecule has 1 nitrogen and oxygen atoms in total. The fourth-order valence-corrected chi connectivity index (χ4v) is 2.19. The Balaban J connectivity index is 2.11. The molecule has 98 valence electrons. The van der Waals surface area contributed by atoms with E-state index >= 15 is 0 Å². The zero-order valence-electron chi connectivity index (χ0n) is 10.5. The summed E-state index contributed by atoms with van der Waals surface area (Å²) >= 11 is 12.1. The summed E-state index contributed by atoms with van der Waals surface area (Å²) in [6, 6.07) is 11.2. The highest BCUT2D eigenvalue weighted by Gasteiger charge is 2.01. The monoisotopic (exact) mass is 292 g/mol. The van der Waals surface area contributed by atoms with E-state index in [9.17, 15) is 5.11 Å². The molecule has 2 aromatic carbocycles. The molecule has 2 rings (SSSR count). The van der Waals surface area contributed by atoms with Gasteiger partial charge in [0.05, 0.1) is 10.0 Å². The van der Waals surface area contributed by atoms with Crippen LogP contribution in [0, 0.1) is 6.92 Å². The van der Waals surface area contributed by atoms with Crippen molar-refractivity contribution >= 4 is 29.3 Å². The van der Waals surface area contributed by atoms with Crippen LogP contribution in [0.25, 0.3) is 6.08 Å². The van der Waals surface area contributed by atoms with E-state index in [0.717, 1.165) is 23.1 Å². The largest absolute Gasteiger partial charge is 0.508 e. The lowest BCUT2D eigenvalue weighted by atomic mass is 10.1. The van der Waals surface area contributed by atoms with Crippen LogP contribution in [0.1, 0.15) is 16.7 Å². The maximum atomic E-state index is 9.46. The first-order valence-corrected chi connectivity index (χ1v) is 6.72. The summed E-state index contributed by atoms with van der Waals surface area (Å²) in [5, 5.41) is 10.6. The molecule has 0 saturated carbocycles. The maximum Gasteiger partial charge on any atom is 0.118 e. The van der Waals surface area contributed by atoms with E-state index in [1.807, 2.05) is 43.3 Å². The molecule has 0 aliphatic rings. The SMILES string of the molecule is Cc1cc(C/C=C/c2cccc(Cl)c2Cl)ccc1O. The molecule has 1 N–H and O–H groups in total. The number of phenolic OH excluding ortho intramolecular Hbond substituents is 1. The molecule has 0 amide bonds. The second-order valence-corrected chi connectivity index (χ2v) is 5.16. The van der Waals surface area contributed by atoms with E-state index in [2.05, 4.69) is 0 Å². The van der Waals surface area contributed by atoms with Gasteiger partial charge in [0.15, 0.2) is 0 Å². The van der Waals surface area contributed by atoms with Crippen molar-refractivity contribution in [1.82, 2.24) is 0 Å². The minimum absolute atomic E-state index is 0.325. The average Bonchev–Trinajstić information content (AvgIpc) is 2.39. The van der Waals surface area contributed by atoms with Crippen LogP contribution in [0.4, 0.5) is 0 Å². The Kier molecular flexibility index (Phi) is 4.52. The fraction of sp³-hybridized carbons (Fsp3) is 0.125. The van der Waals surface area contributed by atoms with Crippen LogP contribution >= 0.6 is 23.2 Å². The van der Waals surface area contributed by atoms with Crippen LogP contribution in [-0.2, 0) is 6.42 Å². The van der Waals surface area contributed by atoms with Gasteiger partial charge in [0.1, 0.15) is 5.75 Å². The smallest absolute Gasteiger partial charge is 0.118 e. The highest BCUT2D eigenvalue weighted by atomic mass is 35.5. The molecule has 0 aliphatic carbocycles. The lowest BCUT2D eigenvalue weighted by molar-refractivity contribution is 0.471. The van der Waals surface area contributed by atoms with E-state index in [0.29, 0.717) is 15.8 Å². The van der Waals surface area contributed by atoms with Crippen LogP contribution in [0.15, 0.2) is 42.5 Å². The molecule has 0 atom stereocenters. The zero-order chi connectivity index (χ0) is 13.8. The quantitative estimate of drug-likeness (QED) is 0.818. The van der Waals surface area contributed by atoms with Gasteiger partial charge >= 0.3 is 0 Å². The van der Waals surface area contributed by atoms with Gasteiger partial charge in [-0.3, -0.25) is 0 Å².